The van der Waals surface area contributed by atoms with Crippen LogP contribution in [-0.2, 0) is 11.8 Å². The van der Waals surface area contributed by atoms with Crippen LogP contribution in [0.5, 0.6) is 0 Å². The molecule has 380 valence electrons. The van der Waals surface area contributed by atoms with Gasteiger partial charge in [-0.1, -0.05) is 230 Å². The van der Waals surface area contributed by atoms with Gasteiger partial charge in [-0.15, -0.1) is 6.58 Å². The van der Waals surface area contributed by atoms with Gasteiger partial charge in [0.25, 0.3) is 0 Å². The average molecular weight is 998 g/mol. The Morgan fingerprint density at radius 2 is 1.27 bits per heavy atom. The molecule has 11 rings (SSSR count). The van der Waals surface area contributed by atoms with Crippen molar-refractivity contribution in [1.82, 2.24) is 0 Å². The Labute approximate surface area is 459 Å². The minimum atomic E-state index is -0.176. The summed E-state index contributed by atoms with van der Waals surface area (Å²) in [6.07, 6.45) is 39.8. The summed E-state index contributed by atoms with van der Waals surface area (Å²) >= 11 is 0. The van der Waals surface area contributed by atoms with Gasteiger partial charge in [0.1, 0.15) is 0 Å². The van der Waals surface area contributed by atoms with E-state index in [9.17, 15) is 0 Å². The lowest BCUT2D eigenvalue weighted by molar-refractivity contribution is 0.660. The maximum absolute atomic E-state index is 3.78. The molecule has 4 aliphatic rings. The summed E-state index contributed by atoms with van der Waals surface area (Å²) in [5, 5.41) is 3.78. The average Bonchev–Trinajstić information content (AvgIpc) is 4.10. The molecule has 1 N–H and O–H groups in total. The van der Waals surface area contributed by atoms with Crippen LogP contribution in [0.15, 0.2) is 260 Å². The number of rotatable bonds is 14. The fourth-order valence-corrected chi connectivity index (χ4v) is 11.8. The standard InChI is InChI=1S/C67H57N.C9H14/c1-4-19-55-46(2)32-33-47(3)66(55)60-45-53(41-43-65(60)68-54-24-9-6-10-25-54)51(38-34-48-35-39-52(40-36-48)50-21-7-5-8-22-50)23-12-11-20-49-37-42-59-58-28-15-18-31-63(58)67(64(59)44-49)61-29-16-13-26-56(61)57-27-14-17-30-62(57)67;1-4-5-6-7-8-9(2)3/h4-16,19,21-29,32-45,68H,17-18,20,30-31H2,1-3H3;4,6-8H,1,5H2,2-3H3/b12-11+,19-4-,38-34-,51-23+;7-6-. The van der Waals surface area contributed by atoms with Gasteiger partial charge in [0, 0.05) is 16.9 Å². The highest BCUT2D eigenvalue weighted by Gasteiger charge is 2.53. The lowest BCUT2D eigenvalue weighted by atomic mass is 9.66. The summed E-state index contributed by atoms with van der Waals surface area (Å²) in [6, 6.07) is 58.0. The molecular formula is C76H71N. The lowest BCUT2D eigenvalue weighted by Gasteiger charge is -2.36. The lowest BCUT2D eigenvalue weighted by Crippen LogP contribution is -2.29. The van der Waals surface area contributed by atoms with Crippen LogP contribution in [0.25, 0.3) is 51.1 Å². The van der Waals surface area contributed by atoms with Gasteiger partial charge in [0.15, 0.2) is 0 Å². The molecule has 0 aliphatic heterocycles. The molecule has 0 heterocycles. The zero-order chi connectivity index (χ0) is 53.1. The molecule has 77 heavy (non-hydrogen) atoms. The number of allylic oxidation sites excluding steroid dienone is 19. The number of benzene rings is 7. The van der Waals surface area contributed by atoms with E-state index in [2.05, 4.69) is 289 Å². The van der Waals surface area contributed by atoms with Crippen molar-refractivity contribution in [3.63, 3.8) is 0 Å². The Bertz CT molecular complexity index is 3620. The monoisotopic (exact) mass is 998 g/mol. The van der Waals surface area contributed by atoms with Crippen LogP contribution in [0.2, 0.25) is 0 Å². The fourth-order valence-electron chi connectivity index (χ4n) is 11.8. The van der Waals surface area contributed by atoms with E-state index in [0.717, 1.165) is 66.6 Å². The van der Waals surface area contributed by atoms with Crippen molar-refractivity contribution in [1.29, 1.82) is 0 Å². The highest BCUT2D eigenvalue weighted by Crippen LogP contribution is 2.64. The van der Waals surface area contributed by atoms with Gasteiger partial charge in [0.05, 0.1) is 5.41 Å². The maximum atomic E-state index is 3.78. The molecule has 1 nitrogen and oxygen atoms in total. The van der Waals surface area contributed by atoms with E-state index in [-0.39, 0.29) is 5.41 Å². The second kappa shape index (κ2) is 24.0. The minimum absolute atomic E-state index is 0.176. The van der Waals surface area contributed by atoms with Crippen molar-refractivity contribution in [3.8, 4) is 22.3 Å². The number of para-hydroxylation sites is 1. The molecule has 0 radical (unpaired) electrons. The largest absolute Gasteiger partial charge is 0.355 e. The van der Waals surface area contributed by atoms with E-state index in [1.54, 1.807) is 11.1 Å². The highest BCUT2D eigenvalue weighted by molar-refractivity contribution is 5.99. The molecule has 1 atom stereocenters. The normalized spacial score (nSPS) is 16.3. The van der Waals surface area contributed by atoms with E-state index in [4.69, 9.17) is 0 Å². The van der Waals surface area contributed by atoms with Gasteiger partial charge in [-0.3, -0.25) is 0 Å². The molecule has 1 heteroatoms. The first-order chi connectivity index (χ1) is 37.8. The van der Waals surface area contributed by atoms with Crippen LogP contribution in [-0.4, -0.2) is 0 Å². The van der Waals surface area contributed by atoms with Gasteiger partial charge in [0.2, 0.25) is 0 Å². The molecule has 0 saturated carbocycles. The molecule has 0 bridgehead atoms. The fraction of sp³-hybridized carbons (Fsp3) is 0.158. The summed E-state index contributed by atoms with van der Waals surface area (Å²) in [6.45, 7) is 14.3. The van der Waals surface area contributed by atoms with E-state index in [0.29, 0.717) is 0 Å². The van der Waals surface area contributed by atoms with Gasteiger partial charge in [-0.2, -0.15) is 0 Å². The molecule has 0 fully saturated rings. The van der Waals surface area contributed by atoms with E-state index < -0.39 is 0 Å². The Balaban J connectivity index is 0.000000687. The zero-order valence-corrected chi connectivity index (χ0v) is 45.6. The third kappa shape index (κ3) is 11.0. The smallest absolute Gasteiger partial charge is 0.0651 e. The third-order valence-electron chi connectivity index (χ3n) is 15.4. The summed E-state index contributed by atoms with van der Waals surface area (Å²) in [5.74, 6) is 0. The van der Waals surface area contributed by atoms with Crippen LogP contribution < -0.4 is 5.32 Å². The van der Waals surface area contributed by atoms with Gasteiger partial charge < -0.3 is 5.32 Å². The van der Waals surface area contributed by atoms with E-state index in [1.165, 1.54) is 83.5 Å². The number of nitrogens with one attached hydrogen (secondary N) is 1. The summed E-state index contributed by atoms with van der Waals surface area (Å²) in [4.78, 5) is 0. The molecule has 7 aromatic carbocycles. The summed E-state index contributed by atoms with van der Waals surface area (Å²) in [7, 11) is 0. The van der Waals surface area contributed by atoms with Crippen molar-refractivity contribution in [2.24, 2.45) is 0 Å². The number of fused-ring (bicyclic) bond motifs is 8. The van der Waals surface area contributed by atoms with Gasteiger partial charge in [-0.25, -0.2) is 0 Å². The topological polar surface area (TPSA) is 12.0 Å². The van der Waals surface area contributed by atoms with Crippen LogP contribution >= 0.6 is 0 Å². The summed E-state index contributed by atoms with van der Waals surface area (Å²) < 4.78 is 0. The SMILES string of the molecule is C/C=C\c1c(C)ccc(C)c1-c1cc(C(/C=C\c2ccc(-c3ccccc3)cc2)=C/C=C/Cc2ccc3c(c2)C2(C4=C(C=CCC4)c4ccccc42)C2=C3C=CCC2)ccc1Nc1ccccc1.C=CC/C=C\C=C(C)C. The van der Waals surface area contributed by atoms with Crippen molar-refractivity contribution < 1.29 is 0 Å². The van der Waals surface area contributed by atoms with Crippen LogP contribution in [0.3, 0.4) is 0 Å². The third-order valence-corrected chi connectivity index (χ3v) is 15.4. The molecule has 7 aromatic rings. The molecule has 1 spiro atoms. The first-order valence-electron chi connectivity index (χ1n) is 27.6. The number of hydrogen-bond donors (Lipinski definition) is 1. The summed E-state index contributed by atoms with van der Waals surface area (Å²) in [5.41, 5.74) is 28.6. The zero-order valence-electron chi connectivity index (χ0n) is 45.6. The first kappa shape index (κ1) is 51.9. The Kier molecular flexibility index (Phi) is 16.2. The van der Waals surface area contributed by atoms with Crippen molar-refractivity contribution in [2.45, 2.75) is 78.6 Å². The van der Waals surface area contributed by atoms with Gasteiger partial charge >= 0.3 is 0 Å². The predicted octanol–water partition coefficient (Wildman–Crippen LogP) is 20.9. The Morgan fingerprint density at radius 3 is 1.99 bits per heavy atom. The molecule has 1 unspecified atom stereocenters. The van der Waals surface area contributed by atoms with Crippen molar-refractivity contribution in [3.05, 3.63) is 316 Å². The number of aryl methyl sites for hydroxylation is 2. The van der Waals surface area contributed by atoms with Gasteiger partial charge in [-0.05, 0) is 198 Å². The van der Waals surface area contributed by atoms with E-state index >= 15 is 0 Å². The molecular weight excluding hydrogens is 927 g/mol. The van der Waals surface area contributed by atoms with Crippen molar-refractivity contribution in [2.75, 3.05) is 5.32 Å². The Hall–Kier alpha value is -8.52. The number of anilines is 2. The Morgan fingerprint density at radius 1 is 0.610 bits per heavy atom. The second-order valence-corrected chi connectivity index (χ2v) is 20.9. The maximum Gasteiger partial charge on any atom is 0.0651 e. The predicted molar refractivity (Wildman–Crippen MR) is 335 cm³/mol. The molecule has 0 aromatic heterocycles. The van der Waals surface area contributed by atoms with Crippen molar-refractivity contribution >= 4 is 40.2 Å². The minimum Gasteiger partial charge on any atom is -0.355 e. The molecule has 0 saturated heterocycles. The second-order valence-electron chi connectivity index (χ2n) is 20.9. The first-order valence-corrected chi connectivity index (χ1v) is 27.6. The van der Waals surface area contributed by atoms with Crippen LogP contribution in [0, 0.1) is 13.8 Å². The molecule has 0 amide bonds. The molecule has 4 aliphatic carbocycles. The van der Waals surface area contributed by atoms with Crippen LogP contribution in [0.4, 0.5) is 11.4 Å². The van der Waals surface area contributed by atoms with E-state index in [1.807, 2.05) is 6.08 Å². The van der Waals surface area contributed by atoms with Crippen LogP contribution in [0.1, 0.15) is 109 Å². The number of hydrogen-bond acceptors (Lipinski definition) is 1. The quantitative estimate of drug-likeness (QED) is 0.0846. The highest BCUT2D eigenvalue weighted by atomic mass is 14.9.